The Bertz CT molecular complexity index is 1760. The lowest BCUT2D eigenvalue weighted by Gasteiger charge is -2.27. The molecule has 43 heavy (non-hydrogen) atoms. The summed E-state index contributed by atoms with van der Waals surface area (Å²) in [6.07, 6.45) is 0.176. The van der Waals surface area contributed by atoms with Crippen LogP contribution in [0.2, 0.25) is 0 Å². The summed E-state index contributed by atoms with van der Waals surface area (Å²) in [5.41, 5.74) is 7.07. The normalized spacial score (nSPS) is 13.2. The van der Waals surface area contributed by atoms with Gasteiger partial charge in [-0.25, -0.2) is 5.84 Å². The Balaban J connectivity index is 1.43. The molecule has 6 N–H and O–H groups in total. The number of carbonyl (C=O) groups excluding carboxylic acids is 1. The summed E-state index contributed by atoms with van der Waals surface area (Å²) >= 11 is 0. The number of hydrazone groups is 1. The third-order valence-corrected chi connectivity index (χ3v) is 7.64. The molecule has 10 nitrogen and oxygen atoms in total. The molecule has 5 rings (SSSR count). The maximum atomic E-state index is 13.4. The highest BCUT2D eigenvalue weighted by Gasteiger charge is 2.32. The van der Waals surface area contributed by atoms with Crippen molar-refractivity contribution >= 4 is 22.7 Å². The summed E-state index contributed by atoms with van der Waals surface area (Å²) in [5, 5.41) is 22.8. The molecule has 0 spiro atoms. The fourth-order valence-corrected chi connectivity index (χ4v) is 5.53. The van der Waals surface area contributed by atoms with Crippen molar-refractivity contribution in [2.24, 2.45) is 16.8 Å². The van der Waals surface area contributed by atoms with Gasteiger partial charge in [0.05, 0.1) is 18.2 Å². The lowest BCUT2D eigenvalue weighted by atomic mass is 9.93. The topological polar surface area (TPSA) is 156 Å². The number of benzene rings is 3. The third-order valence-electron chi connectivity index (χ3n) is 7.64. The number of fused-ring (bicyclic) bond motifs is 1. The molecule has 2 unspecified atom stereocenters. The molecule has 0 aliphatic carbocycles. The van der Waals surface area contributed by atoms with Crippen LogP contribution >= 0.6 is 0 Å². The Kier molecular flexibility index (Phi) is 8.61. The summed E-state index contributed by atoms with van der Waals surface area (Å²) in [7, 11) is 0. The molecule has 222 valence electrons. The van der Waals surface area contributed by atoms with Crippen LogP contribution in [-0.4, -0.2) is 33.6 Å². The van der Waals surface area contributed by atoms with Crippen molar-refractivity contribution in [1.82, 2.24) is 15.5 Å². The van der Waals surface area contributed by atoms with Gasteiger partial charge in [0, 0.05) is 10.9 Å². The van der Waals surface area contributed by atoms with Crippen molar-refractivity contribution < 1.29 is 18.8 Å². The van der Waals surface area contributed by atoms with Crippen molar-refractivity contribution in [3.8, 4) is 0 Å². The summed E-state index contributed by atoms with van der Waals surface area (Å²) in [6.45, 7) is 7.22. The van der Waals surface area contributed by atoms with Gasteiger partial charge in [-0.2, -0.15) is 5.10 Å². The zero-order chi connectivity index (χ0) is 30.7. The van der Waals surface area contributed by atoms with Gasteiger partial charge in [-0.05, 0) is 68.1 Å². The number of furan rings is 1. The largest absolute Gasteiger partial charge is 0.458 e. The van der Waals surface area contributed by atoms with E-state index >= 15 is 0 Å². The van der Waals surface area contributed by atoms with Gasteiger partial charge in [-0.1, -0.05) is 65.3 Å². The minimum Gasteiger partial charge on any atom is -0.458 e. The maximum absolute atomic E-state index is 13.4. The van der Waals surface area contributed by atoms with E-state index in [0.29, 0.717) is 28.4 Å². The molecule has 0 saturated carbocycles. The Labute approximate surface area is 249 Å². The van der Waals surface area contributed by atoms with Crippen LogP contribution in [0.5, 0.6) is 0 Å². The summed E-state index contributed by atoms with van der Waals surface area (Å²) in [5.74, 6) is 12.9. The predicted octanol–water partition coefficient (Wildman–Crippen LogP) is 4.63. The molecule has 1 amide bonds. The van der Waals surface area contributed by atoms with Crippen LogP contribution in [0.3, 0.4) is 0 Å². The first-order valence-electron chi connectivity index (χ1n) is 14.0. The molecule has 0 fully saturated rings. The average molecular weight is 581 g/mol. The Morgan fingerprint density at radius 1 is 1.05 bits per heavy atom. The van der Waals surface area contributed by atoms with Crippen LogP contribution in [0.4, 0.5) is 0 Å². The highest BCUT2D eigenvalue weighted by Crippen LogP contribution is 2.35. The van der Waals surface area contributed by atoms with Crippen molar-refractivity contribution in [3.05, 3.63) is 123 Å². The van der Waals surface area contributed by atoms with E-state index in [9.17, 15) is 9.90 Å². The quantitative estimate of drug-likeness (QED) is 0.0851. The number of hydrogen-bond donors (Lipinski definition) is 4. The molecular formula is C33H36N6O4. The number of carbonyl (C=O) groups is 1. The average Bonchev–Trinajstić information content (AvgIpc) is 3.55. The van der Waals surface area contributed by atoms with Crippen LogP contribution < -0.4 is 17.0 Å². The number of amides is 1. The van der Waals surface area contributed by atoms with E-state index in [2.05, 4.69) is 47.6 Å². The Morgan fingerprint density at radius 2 is 1.81 bits per heavy atom. The van der Waals surface area contributed by atoms with Gasteiger partial charge < -0.3 is 25.2 Å². The van der Waals surface area contributed by atoms with E-state index in [0.717, 1.165) is 27.6 Å². The molecule has 2 aromatic heterocycles. The van der Waals surface area contributed by atoms with E-state index < -0.39 is 12.6 Å². The number of nitrogens with one attached hydrogen (secondary N) is 1. The van der Waals surface area contributed by atoms with Crippen LogP contribution in [0.25, 0.3) is 11.0 Å². The highest BCUT2D eigenvalue weighted by atomic mass is 16.5. The fraction of sp³-hybridized carbons (Fsp3) is 0.242. The minimum atomic E-state index is -0.718. The molecule has 2 heterocycles. The first-order chi connectivity index (χ1) is 20.7. The standard InChI is InChI=1S/C33H36N6O4/c1-19-10-12-26(20(2)14-19)32(24-8-6-5-7-9-24)36-30(41)16-23-11-13-27-25(15-23)17-28(42-27)33(39(35)29(18-40)37-34)31-21(3)38-43-22(31)4/h5-15,17,32-33,40H,16,18,34-35H2,1-4H3,(H,36,41)/b37-29-. The number of aliphatic hydroxyl groups excluding tert-OH is 1. The molecule has 10 heteroatoms. The van der Waals surface area contributed by atoms with Crippen LogP contribution in [0.15, 0.2) is 86.8 Å². The summed E-state index contributed by atoms with van der Waals surface area (Å²) in [6, 6.07) is 22.7. The van der Waals surface area contributed by atoms with Gasteiger partial charge in [-0.15, -0.1) is 0 Å². The predicted molar refractivity (Wildman–Crippen MR) is 165 cm³/mol. The highest BCUT2D eigenvalue weighted by molar-refractivity contribution is 5.85. The van der Waals surface area contributed by atoms with Gasteiger partial charge in [0.1, 0.15) is 29.8 Å². The second-order valence-electron chi connectivity index (χ2n) is 10.7. The lowest BCUT2D eigenvalue weighted by Crippen LogP contribution is -2.43. The van der Waals surface area contributed by atoms with Crippen molar-refractivity contribution in [1.29, 1.82) is 0 Å². The Morgan fingerprint density at radius 3 is 2.47 bits per heavy atom. The van der Waals surface area contributed by atoms with Gasteiger partial charge >= 0.3 is 0 Å². The number of hydrazine groups is 1. The van der Waals surface area contributed by atoms with Crippen molar-refractivity contribution in [2.45, 2.75) is 46.2 Å². The number of aromatic nitrogens is 1. The molecular weight excluding hydrogens is 544 g/mol. The summed E-state index contributed by atoms with van der Waals surface area (Å²) < 4.78 is 11.6. The van der Waals surface area contributed by atoms with Crippen molar-refractivity contribution in [3.63, 3.8) is 0 Å². The monoisotopic (exact) mass is 580 g/mol. The zero-order valence-corrected chi connectivity index (χ0v) is 24.7. The molecule has 0 aliphatic heterocycles. The number of rotatable bonds is 9. The minimum absolute atomic E-state index is 0.0552. The number of aliphatic hydroxyl groups is 1. The first-order valence-corrected chi connectivity index (χ1v) is 14.0. The van der Waals surface area contributed by atoms with Crippen molar-refractivity contribution in [2.75, 3.05) is 6.61 Å². The van der Waals surface area contributed by atoms with Gasteiger partial charge in [-0.3, -0.25) is 9.80 Å². The second kappa shape index (κ2) is 12.5. The third kappa shape index (κ3) is 6.15. The maximum Gasteiger partial charge on any atom is 0.225 e. The molecule has 0 radical (unpaired) electrons. The molecule has 0 bridgehead atoms. The SMILES string of the molecule is Cc1ccc(C(NC(=O)Cc2ccc3oc(C(c4c(C)noc4C)N(N)/C(CO)=N\N)cc3c2)c2ccccc2)c(C)c1. The summed E-state index contributed by atoms with van der Waals surface area (Å²) in [4.78, 5) is 13.4. The number of nitrogens with zero attached hydrogens (tertiary/aromatic N) is 3. The van der Waals surface area contributed by atoms with Gasteiger partial charge in [0.25, 0.3) is 0 Å². The van der Waals surface area contributed by atoms with E-state index in [1.165, 1.54) is 10.6 Å². The van der Waals surface area contributed by atoms with E-state index in [-0.39, 0.29) is 24.2 Å². The van der Waals surface area contributed by atoms with Crippen LogP contribution in [-0.2, 0) is 11.2 Å². The number of amidine groups is 1. The molecule has 5 aromatic rings. The second-order valence-corrected chi connectivity index (χ2v) is 10.7. The first kappa shape index (κ1) is 29.6. The smallest absolute Gasteiger partial charge is 0.225 e. The van der Waals surface area contributed by atoms with E-state index in [1.807, 2.05) is 54.6 Å². The molecule has 3 aromatic carbocycles. The molecule has 0 aliphatic rings. The van der Waals surface area contributed by atoms with Gasteiger partial charge in [0.15, 0.2) is 5.84 Å². The number of nitrogens with two attached hydrogens (primary N) is 2. The molecule has 0 saturated heterocycles. The number of aryl methyl sites for hydroxylation is 4. The lowest BCUT2D eigenvalue weighted by molar-refractivity contribution is -0.120. The van der Waals surface area contributed by atoms with E-state index in [4.69, 9.17) is 20.6 Å². The zero-order valence-electron chi connectivity index (χ0n) is 24.7. The number of hydrogen-bond acceptors (Lipinski definition) is 8. The van der Waals surface area contributed by atoms with Crippen LogP contribution in [0, 0.1) is 27.7 Å². The van der Waals surface area contributed by atoms with Gasteiger partial charge in [0.2, 0.25) is 5.91 Å². The Hall–Kier alpha value is -4.93. The van der Waals surface area contributed by atoms with Crippen LogP contribution in [0.1, 0.15) is 62.7 Å². The fourth-order valence-electron chi connectivity index (χ4n) is 5.53. The van der Waals surface area contributed by atoms with E-state index in [1.54, 1.807) is 13.8 Å². The molecule has 2 atom stereocenters.